The molecule has 1 rings (SSSR count). The van der Waals surface area contributed by atoms with E-state index in [1.54, 1.807) is 0 Å². The topological polar surface area (TPSA) is 91.6 Å². The first-order valence-electron chi connectivity index (χ1n) is 8.60. The average molecular weight is 373 g/mol. The Balaban J connectivity index is 2.69. The Morgan fingerprint density at radius 1 is 1.44 bits per heavy atom. The van der Waals surface area contributed by atoms with Crippen molar-refractivity contribution in [1.29, 1.82) is 0 Å². The van der Waals surface area contributed by atoms with Crippen LogP contribution in [0, 0.1) is 0 Å². The second-order valence-corrected chi connectivity index (χ2v) is 8.31. The monoisotopic (exact) mass is 372 g/mol. The summed E-state index contributed by atoms with van der Waals surface area (Å²) in [5.74, 6) is 1.17. The minimum Gasteiger partial charge on any atom is -0.357 e. The molecule has 0 aliphatic carbocycles. The standard InChI is InChI=1S/C16H32N6O2S/c1-7-17-16(18-9-8-10-19-25(6,23)24)21(4)11-14-12-22(5)20-15(14)13(2)3/h12-13,19H,7-11H2,1-6H3,(H,17,18). The van der Waals surface area contributed by atoms with E-state index in [4.69, 9.17) is 0 Å². The molecule has 1 heterocycles. The number of aliphatic imine (C=N–C) groups is 1. The smallest absolute Gasteiger partial charge is 0.208 e. The van der Waals surface area contributed by atoms with Crippen molar-refractivity contribution in [3.63, 3.8) is 0 Å². The van der Waals surface area contributed by atoms with Crippen molar-refractivity contribution >= 4 is 16.0 Å². The highest BCUT2D eigenvalue weighted by Gasteiger charge is 2.15. The van der Waals surface area contributed by atoms with Crippen molar-refractivity contribution in [3.05, 3.63) is 17.5 Å². The fourth-order valence-corrected chi connectivity index (χ4v) is 3.00. The second kappa shape index (κ2) is 9.76. The lowest BCUT2D eigenvalue weighted by atomic mass is 10.1. The van der Waals surface area contributed by atoms with E-state index in [1.165, 1.54) is 5.56 Å². The zero-order valence-corrected chi connectivity index (χ0v) is 17.0. The van der Waals surface area contributed by atoms with Crippen LogP contribution in [0.2, 0.25) is 0 Å². The number of rotatable bonds is 9. The van der Waals surface area contributed by atoms with Crippen LogP contribution < -0.4 is 10.0 Å². The van der Waals surface area contributed by atoms with Crippen molar-refractivity contribution in [3.8, 4) is 0 Å². The first kappa shape index (κ1) is 21.4. The van der Waals surface area contributed by atoms with Gasteiger partial charge in [0, 0.05) is 52.0 Å². The van der Waals surface area contributed by atoms with Gasteiger partial charge in [0.25, 0.3) is 0 Å². The predicted octanol–water partition coefficient (Wildman–Crippen LogP) is 0.880. The van der Waals surface area contributed by atoms with Crippen molar-refractivity contribution in [1.82, 2.24) is 24.7 Å². The predicted molar refractivity (Wildman–Crippen MR) is 102 cm³/mol. The van der Waals surface area contributed by atoms with Crippen molar-refractivity contribution in [2.24, 2.45) is 12.0 Å². The molecule has 1 aromatic rings. The highest BCUT2D eigenvalue weighted by atomic mass is 32.2. The van der Waals surface area contributed by atoms with Crippen LogP contribution >= 0.6 is 0 Å². The van der Waals surface area contributed by atoms with Gasteiger partial charge in [0.2, 0.25) is 10.0 Å². The Bertz CT molecular complexity index is 666. The molecule has 9 heteroatoms. The zero-order valence-electron chi connectivity index (χ0n) is 16.2. The number of aryl methyl sites for hydroxylation is 1. The Hall–Kier alpha value is -1.61. The average Bonchev–Trinajstić information content (AvgIpc) is 2.85. The molecule has 0 fully saturated rings. The number of aromatic nitrogens is 2. The molecule has 0 spiro atoms. The second-order valence-electron chi connectivity index (χ2n) is 6.48. The molecule has 2 N–H and O–H groups in total. The highest BCUT2D eigenvalue weighted by molar-refractivity contribution is 7.88. The van der Waals surface area contributed by atoms with Crippen molar-refractivity contribution in [2.75, 3.05) is 32.9 Å². The van der Waals surface area contributed by atoms with Gasteiger partial charge in [0.15, 0.2) is 5.96 Å². The van der Waals surface area contributed by atoms with Crippen LogP contribution in [0.25, 0.3) is 0 Å². The van der Waals surface area contributed by atoms with Crippen LogP contribution in [0.4, 0.5) is 0 Å². The molecule has 25 heavy (non-hydrogen) atoms. The van der Waals surface area contributed by atoms with Crippen LogP contribution in [0.15, 0.2) is 11.2 Å². The molecule has 0 aromatic carbocycles. The number of hydrogen-bond donors (Lipinski definition) is 2. The third kappa shape index (κ3) is 7.87. The van der Waals surface area contributed by atoms with Crippen LogP contribution in [0.1, 0.15) is 44.4 Å². The largest absolute Gasteiger partial charge is 0.357 e. The highest BCUT2D eigenvalue weighted by Crippen LogP contribution is 2.18. The van der Waals surface area contributed by atoms with Gasteiger partial charge in [-0.25, -0.2) is 13.1 Å². The summed E-state index contributed by atoms with van der Waals surface area (Å²) in [6.07, 6.45) is 3.86. The number of hydrogen-bond acceptors (Lipinski definition) is 4. The van der Waals surface area contributed by atoms with Crippen LogP contribution in [0.3, 0.4) is 0 Å². The number of nitrogens with zero attached hydrogens (tertiary/aromatic N) is 4. The van der Waals surface area contributed by atoms with E-state index in [-0.39, 0.29) is 0 Å². The summed E-state index contributed by atoms with van der Waals surface area (Å²) in [6.45, 7) is 8.74. The molecule has 0 aliphatic heterocycles. The first-order valence-corrected chi connectivity index (χ1v) is 10.5. The van der Waals surface area contributed by atoms with E-state index >= 15 is 0 Å². The lowest BCUT2D eigenvalue weighted by Gasteiger charge is -2.22. The van der Waals surface area contributed by atoms with E-state index in [2.05, 4.69) is 38.9 Å². The summed E-state index contributed by atoms with van der Waals surface area (Å²) in [5, 5.41) is 7.82. The first-order chi connectivity index (χ1) is 11.6. The zero-order chi connectivity index (χ0) is 19.0. The third-order valence-electron chi connectivity index (χ3n) is 3.55. The fraction of sp³-hybridized carbons (Fsp3) is 0.750. The lowest BCUT2D eigenvalue weighted by Crippen LogP contribution is -2.38. The molecule has 0 aliphatic rings. The Labute approximate surface area is 151 Å². The maximum Gasteiger partial charge on any atom is 0.208 e. The Morgan fingerprint density at radius 2 is 2.12 bits per heavy atom. The normalized spacial score (nSPS) is 12.7. The molecule has 144 valence electrons. The molecular weight excluding hydrogens is 340 g/mol. The summed E-state index contributed by atoms with van der Waals surface area (Å²) in [5.41, 5.74) is 2.28. The summed E-state index contributed by atoms with van der Waals surface area (Å²) < 4.78 is 26.4. The van der Waals surface area contributed by atoms with Crippen LogP contribution in [-0.2, 0) is 23.6 Å². The molecule has 0 saturated heterocycles. The number of guanidine groups is 1. The summed E-state index contributed by atoms with van der Waals surface area (Å²) >= 11 is 0. The van der Waals surface area contributed by atoms with Crippen LogP contribution in [-0.4, -0.2) is 62.0 Å². The van der Waals surface area contributed by atoms with Gasteiger partial charge in [-0.1, -0.05) is 13.8 Å². The Kier molecular flexibility index (Phi) is 8.37. The molecule has 0 atom stereocenters. The van der Waals surface area contributed by atoms with Gasteiger partial charge >= 0.3 is 0 Å². The van der Waals surface area contributed by atoms with Crippen molar-refractivity contribution < 1.29 is 8.42 Å². The van der Waals surface area contributed by atoms with E-state index in [0.29, 0.717) is 25.4 Å². The van der Waals surface area contributed by atoms with E-state index in [1.807, 2.05) is 31.9 Å². The van der Waals surface area contributed by atoms with Gasteiger partial charge in [0.05, 0.1) is 11.9 Å². The molecule has 1 aromatic heterocycles. The quantitative estimate of drug-likeness (QED) is 0.381. The molecular formula is C16H32N6O2S. The van der Waals surface area contributed by atoms with Crippen LogP contribution in [0.5, 0.6) is 0 Å². The SMILES string of the molecule is CCNC(=NCCCNS(C)(=O)=O)N(C)Cc1cn(C)nc1C(C)C. The molecule has 8 nitrogen and oxygen atoms in total. The maximum absolute atomic E-state index is 11.1. The number of nitrogens with one attached hydrogen (secondary N) is 2. The summed E-state index contributed by atoms with van der Waals surface area (Å²) in [4.78, 5) is 6.65. The number of sulfonamides is 1. The minimum absolute atomic E-state index is 0.367. The van der Waals surface area contributed by atoms with Gasteiger partial charge in [0.1, 0.15) is 0 Å². The van der Waals surface area contributed by atoms with Gasteiger partial charge < -0.3 is 10.2 Å². The maximum atomic E-state index is 11.1. The van der Waals surface area contributed by atoms with Gasteiger partial charge in [-0.3, -0.25) is 9.67 Å². The Morgan fingerprint density at radius 3 is 2.68 bits per heavy atom. The molecule has 0 radical (unpaired) electrons. The molecule has 0 bridgehead atoms. The van der Waals surface area contributed by atoms with E-state index in [9.17, 15) is 8.42 Å². The van der Waals surface area contributed by atoms with Gasteiger partial charge in [-0.2, -0.15) is 5.10 Å². The lowest BCUT2D eigenvalue weighted by molar-refractivity contribution is 0.473. The van der Waals surface area contributed by atoms with E-state index < -0.39 is 10.0 Å². The molecule has 0 unspecified atom stereocenters. The fourth-order valence-electron chi connectivity index (χ4n) is 2.48. The summed E-state index contributed by atoms with van der Waals surface area (Å²) in [7, 11) is 0.791. The van der Waals surface area contributed by atoms with Gasteiger partial charge in [-0.05, 0) is 19.3 Å². The van der Waals surface area contributed by atoms with Gasteiger partial charge in [-0.15, -0.1) is 0 Å². The van der Waals surface area contributed by atoms with Crippen molar-refractivity contribution in [2.45, 2.75) is 39.7 Å². The summed E-state index contributed by atoms with van der Waals surface area (Å²) in [6, 6.07) is 0. The molecule has 0 saturated carbocycles. The molecule has 0 amide bonds. The third-order valence-corrected chi connectivity index (χ3v) is 4.28. The minimum atomic E-state index is -3.14. The van der Waals surface area contributed by atoms with E-state index in [0.717, 1.165) is 31.0 Å².